The maximum Gasteiger partial charge on any atom is 0.103 e. The SMILES string of the molecule is COCCOCCOCCOCC(O)c1ccccc1C. The fourth-order valence-electron chi connectivity index (χ4n) is 1.83. The lowest BCUT2D eigenvalue weighted by atomic mass is 10.0. The molecule has 1 aromatic carbocycles. The highest BCUT2D eigenvalue weighted by Gasteiger charge is 2.09. The normalized spacial score (nSPS) is 12.5. The van der Waals surface area contributed by atoms with Crippen LogP contribution in [-0.2, 0) is 18.9 Å². The third kappa shape index (κ3) is 8.14. The second-order valence-corrected chi connectivity index (χ2v) is 4.66. The van der Waals surface area contributed by atoms with Gasteiger partial charge in [-0.3, -0.25) is 0 Å². The van der Waals surface area contributed by atoms with Gasteiger partial charge >= 0.3 is 0 Å². The smallest absolute Gasteiger partial charge is 0.103 e. The standard InChI is InChI=1S/C16H26O5/c1-14-5-3-4-6-15(14)16(17)13-21-12-11-20-10-9-19-8-7-18-2/h3-6,16-17H,7-13H2,1-2H3. The van der Waals surface area contributed by atoms with Crippen molar-refractivity contribution >= 4 is 0 Å². The van der Waals surface area contributed by atoms with Gasteiger partial charge in [-0.2, -0.15) is 0 Å². The number of hydrogen-bond donors (Lipinski definition) is 1. The molecule has 1 rings (SSSR count). The first-order chi connectivity index (χ1) is 10.3. The van der Waals surface area contributed by atoms with Gasteiger partial charge in [0.2, 0.25) is 0 Å². The van der Waals surface area contributed by atoms with Gasteiger partial charge in [0.15, 0.2) is 0 Å². The molecule has 1 atom stereocenters. The Kier molecular flexibility index (Phi) is 10.0. The zero-order valence-electron chi connectivity index (χ0n) is 12.9. The van der Waals surface area contributed by atoms with Crippen LogP contribution in [0.3, 0.4) is 0 Å². The van der Waals surface area contributed by atoms with E-state index in [0.29, 0.717) is 39.6 Å². The van der Waals surface area contributed by atoms with Crippen LogP contribution < -0.4 is 0 Å². The molecule has 1 unspecified atom stereocenters. The third-order valence-electron chi connectivity index (χ3n) is 3.00. The summed E-state index contributed by atoms with van der Waals surface area (Å²) in [7, 11) is 1.64. The van der Waals surface area contributed by atoms with Crippen LogP contribution in [0.25, 0.3) is 0 Å². The van der Waals surface area contributed by atoms with Crippen LogP contribution in [-0.4, -0.2) is 58.5 Å². The zero-order valence-corrected chi connectivity index (χ0v) is 12.9. The minimum Gasteiger partial charge on any atom is -0.386 e. The van der Waals surface area contributed by atoms with Gasteiger partial charge in [0.05, 0.1) is 46.2 Å². The van der Waals surface area contributed by atoms with E-state index in [1.54, 1.807) is 7.11 Å². The van der Waals surface area contributed by atoms with Crippen LogP contribution in [0.4, 0.5) is 0 Å². The Morgan fingerprint density at radius 2 is 1.48 bits per heavy atom. The van der Waals surface area contributed by atoms with Crippen molar-refractivity contribution in [2.45, 2.75) is 13.0 Å². The van der Waals surface area contributed by atoms with Gasteiger partial charge in [0.25, 0.3) is 0 Å². The molecule has 120 valence electrons. The van der Waals surface area contributed by atoms with Crippen LogP contribution in [0.5, 0.6) is 0 Å². The fourth-order valence-corrected chi connectivity index (χ4v) is 1.83. The molecular formula is C16H26O5. The summed E-state index contributed by atoms with van der Waals surface area (Å²) >= 11 is 0. The highest BCUT2D eigenvalue weighted by Crippen LogP contribution is 2.17. The maximum absolute atomic E-state index is 10.0. The van der Waals surface area contributed by atoms with Crippen LogP contribution >= 0.6 is 0 Å². The van der Waals surface area contributed by atoms with E-state index in [0.717, 1.165) is 11.1 Å². The van der Waals surface area contributed by atoms with E-state index in [2.05, 4.69) is 0 Å². The number of aliphatic hydroxyl groups is 1. The molecule has 0 fully saturated rings. The molecule has 0 aliphatic carbocycles. The highest BCUT2D eigenvalue weighted by molar-refractivity contribution is 5.27. The molecule has 1 aromatic rings. The van der Waals surface area contributed by atoms with Crippen molar-refractivity contribution in [2.75, 3.05) is 53.4 Å². The Morgan fingerprint density at radius 3 is 2.10 bits per heavy atom. The Hall–Kier alpha value is -0.980. The lowest BCUT2D eigenvalue weighted by Gasteiger charge is -2.14. The minimum atomic E-state index is -0.594. The van der Waals surface area contributed by atoms with Gasteiger partial charge < -0.3 is 24.1 Å². The summed E-state index contributed by atoms with van der Waals surface area (Å²) in [5, 5.41) is 10.0. The fraction of sp³-hybridized carbons (Fsp3) is 0.625. The molecule has 5 nitrogen and oxygen atoms in total. The predicted octanol–water partition coefficient (Wildman–Crippen LogP) is 1.72. The van der Waals surface area contributed by atoms with Gasteiger partial charge in [-0.25, -0.2) is 0 Å². The van der Waals surface area contributed by atoms with Crippen molar-refractivity contribution < 1.29 is 24.1 Å². The molecule has 5 heteroatoms. The molecule has 0 radical (unpaired) electrons. The number of methoxy groups -OCH3 is 1. The van der Waals surface area contributed by atoms with Gasteiger partial charge in [-0.15, -0.1) is 0 Å². The average Bonchev–Trinajstić information content (AvgIpc) is 2.49. The second-order valence-electron chi connectivity index (χ2n) is 4.66. The molecule has 1 N–H and O–H groups in total. The Labute approximate surface area is 126 Å². The monoisotopic (exact) mass is 298 g/mol. The molecule has 0 spiro atoms. The summed E-state index contributed by atoms with van der Waals surface area (Å²) < 4.78 is 20.9. The van der Waals surface area contributed by atoms with Crippen molar-refractivity contribution in [1.29, 1.82) is 0 Å². The van der Waals surface area contributed by atoms with Gasteiger partial charge in [0.1, 0.15) is 6.10 Å². The van der Waals surface area contributed by atoms with E-state index < -0.39 is 6.10 Å². The summed E-state index contributed by atoms with van der Waals surface area (Å²) in [5.41, 5.74) is 1.98. The van der Waals surface area contributed by atoms with Gasteiger partial charge in [0, 0.05) is 7.11 Å². The second kappa shape index (κ2) is 11.7. The van der Waals surface area contributed by atoms with E-state index in [1.165, 1.54) is 0 Å². The number of aryl methyl sites for hydroxylation is 1. The van der Waals surface area contributed by atoms with Crippen LogP contribution in [0.1, 0.15) is 17.2 Å². The Bertz CT molecular complexity index is 369. The van der Waals surface area contributed by atoms with E-state index in [4.69, 9.17) is 18.9 Å². The quantitative estimate of drug-likeness (QED) is 0.596. The van der Waals surface area contributed by atoms with E-state index in [1.807, 2.05) is 31.2 Å². The van der Waals surface area contributed by atoms with Crippen LogP contribution in [0.2, 0.25) is 0 Å². The number of rotatable bonds is 12. The summed E-state index contributed by atoms with van der Waals surface area (Å²) in [6.45, 7) is 5.47. The van der Waals surface area contributed by atoms with Crippen LogP contribution in [0, 0.1) is 6.92 Å². The topological polar surface area (TPSA) is 57.2 Å². The summed E-state index contributed by atoms with van der Waals surface area (Å²) in [4.78, 5) is 0. The molecule has 0 aromatic heterocycles. The molecule has 0 bridgehead atoms. The van der Waals surface area contributed by atoms with Gasteiger partial charge in [-0.05, 0) is 18.1 Å². The number of aliphatic hydroxyl groups excluding tert-OH is 1. The van der Waals surface area contributed by atoms with Crippen molar-refractivity contribution in [3.05, 3.63) is 35.4 Å². The molecule has 0 amide bonds. The van der Waals surface area contributed by atoms with Crippen LogP contribution in [0.15, 0.2) is 24.3 Å². The summed E-state index contributed by atoms with van der Waals surface area (Å²) in [5.74, 6) is 0. The third-order valence-corrected chi connectivity index (χ3v) is 3.00. The minimum absolute atomic E-state index is 0.276. The molecule has 0 saturated heterocycles. The van der Waals surface area contributed by atoms with E-state index in [9.17, 15) is 5.11 Å². The summed E-state index contributed by atoms with van der Waals surface area (Å²) in [6.07, 6.45) is -0.594. The largest absolute Gasteiger partial charge is 0.386 e. The van der Waals surface area contributed by atoms with E-state index in [-0.39, 0.29) is 6.61 Å². The van der Waals surface area contributed by atoms with Crippen molar-refractivity contribution in [3.63, 3.8) is 0 Å². The first-order valence-electron chi connectivity index (χ1n) is 7.21. The predicted molar refractivity (Wildman–Crippen MR) is 80.5 cm³/mol. The zero-order chi connectivity index (χ0) is 15.3. The molecule has 0 heterocycles. The average molecular weight is 298 g/mol. The molecule has 0 saturated carbocycles. The Balaban J connectivity index is 1.98. The van der Waals surface area contributed by atoms with Crippen molar-refractivity contribution in [2.24, 2.45) is 0 Å². The number of benzene rings is 1. The highest BCUT2D eigenvalue weighted by atomic mass is 16.6. The number of ether oxygens (including phenoxy) is 4. The van der Waals surface area contributed by atoms with Crippen molar-refractivity contribution in [1.82, 2.24) is 0 Å². The molecular weight excluding hydrogens is 272 g/mol. The lowest BCUT2D eigenvalue weighted by Crippen LogP contribution is -2.14. The molecule has 21 heavy (non-hydrogen) atoms. The molecule has 0 aliphatic heterocycles. The first-order valence-corrected chi connectivity index (χ1v) is 7.21. The van der Waals surface area contributed by atoms with Gasteiger partial charge in [-0.1, -0.05) is 24.3 Å². The number of hydrogen-bond acceptors (Lipinski definition) is 5. The van der Waals surface area contributed by atoms with E-state index >= 15 is 0 Å². The van der Waals surface area contributed by atoms with Crippen molar-refractivity contribution in [3.8, 4) is 0 Å². The summed E-state index contributed by atoms with van der Waals surface area (Å²) in [6, 6.07) is 7.76. The lowest BCUT2D eigenvalue weighted by molar-refractivity contribution is -0.0149. The maximum atomic E-state index is 10.0. The molecule has 0 aliphatic rings. The Morgan fingerprint density at radius 1 is 0.905 bits per heavy atom. The first kappa shape index (κ1) is 18.1.